The molecule has 5 atom stereocenters. The number of Topliss-reactive ketones (excluding diaryl/α,β-unsaturated/α-hetero) is 5. The molecule has 10 aromatic rings. The number of hydrogen-bond donors (Lipinski definition) is 10. The molecule has 7 aromatic carbocycles. The van der Waals surface area contributed by atoms with Crippen molar-refractivity contribution in [3.05, 3.63) is 298 Å². The van der Waals surface area contributed by atoms with E-state index in [0.29, 0.717) is 108 Å². The highest BCUT2D eigenvalue weighted by atomic mass is 19.2. The van der Waals surface area contributed by atoms with Crippen LogP contribution in [0.3, 0.4) is 0 Å². The van der Waals surface area contributed by atoms with Gasteiger partial charge in [0, 0.05) is 41.6 Å². The molecule has 0 saturated heterocycles. The molecule has 0 aliphatic rings. The Morgan fingerprint density at radius 3 is 0.830 bits per heavy atom. The monoisotopic (exact) mass is 2080 g/mol. The van der Waals surface area contributed by atoms with Crippen LogP contribution in [0.2, 0.25) is 0 Å². The van der Waals surface area contributed by atoms with E-state index in [0.717, 1.165) is 91.3 Å². The van der Waals surface area contributed by atoms with E-state index in [2.05, 4.69) is 41.5 Å². The van der Waals surface area contributed by atoms with Crippen molar-refractivity contribution in [1.29, 1.82) is 0 Å². The minimum Gasteiger partial charge on any atom is -0.493 e. The number of amides is 5. The molecule has 0 saturated carbocycles. The number of unbranched alkanes of at least 4 members (excludes halogenated alkanes) is 5. The van der Waals surface area contributed by atoms with Gasteiger partial charge in [-0.1, -0.05) is 48.5 Å². The number of halogens is 15. The zero-order valence-electron chi connectivity index (χ0n) is 79.4. The molecular formula is C102H112F15N13O17. The SMILES string of the molecule is NCCCC[C@H](NC(=O)c1ccc(F)nc1)C(=O)COc1c(F)cccc1F.NCCCC[C@H](NC(=O)c1cccc(F)n1)C(=O)COc1c(F)cccc1F.NCCCC[C@H](NC(=O)c1cccc(OCCCF)c1)C(=O)COc1c(F)cccc1F.NCCCC[C@H](NC(=O)c1cccc(OCCF)c1)C(=O)COc1c(F)cccc1F.NCCCC[C@H](NC(=O)c1ccnc(F)c1)C(=O)COc1c(F)cccc1F. The summed E-state index contributed by atoms with van der Waals surface area (Å²) in [6.45, 7) is -2.26. The van der Waals surface area contributed by atoms with Gasteiger partial charge in [0.2, 0.25) is 17.8 Å². The number of benzene rings is 7. The molecule has 30 nitrogen and oxygen atoms in total. The zero-order valence-corrected chi connectivity index (χ0v) is 79.4. The molecule has 0 aliphatic carbocycles. The van der Waals surface area contributed by atoms with Gasteiger partial charge in [0.1, 0.15) is 63.5 Å². The Morgan fingerprint density at radius 2 is 0.551 bits per heavy atom. The summed E-state index contributed by atoms with van der Waals surface area (Å²) in [7, 11) is 0. The van der Waals surface area contributed by atoms with Crippen molar-refractivity contribution >= 4 is 58.5 Å². The van der Waals surface area contributed by atoms with E-state index in [1.165, 1.54) is 72.8 Å². The van der Waals surface area contributed by atoms with Crippen LogP contribution in [-0.4, -0.2) is 196 Å². The van der Waals surface area contributed by atoms with Crippen LogP contribution < -0.4 is 88.4 Å². The molecule has 45 heteroatoms. The molecule has 3 heterocycles. The fraction of sp³-hybridized carbons (Fsp3) is 0.343. The van der Waals surface area contributed by atoms with E-state index in [1.807, 2.05) is 0 Å². The van der Waals surface area contributed by atoms with Crippen molar-refractivity contribution in [3.8, 4) is 40.2 Å². The number of rotatable bonds is 57. The summed E-state index contributed by atoms with van der Waals surface area (Å²) in [6.07, 6.45) is 9.57. The summed E-state index contributed by atoms with van der Waals surface area (Å²) < 4.78 is 236. The van der Waals surface area contributed by atoms with Crippen LogP contribution in [0, 0.1) is 76.0 Å². The zero-order chi connectivity index (χ0) is 108. The molecule has 0 radical (unpaired) electrons. The molecule has 0 fully saturated rings. The molecule has 147 heavy (non-hydrogen) atoms. The summed E-state index contributed by atoms with van der Waals surface area (Å²) in [6, 6.07) is 31.7. The first kappa shape index (κ1) is 121. The molecular weight excluding hydrogens is 1960 g/mol. The number of para-hydroxylation sites is 5. The smallest absolute Gasteiger partial charge is 0.270 e. The van der Waals surface area contributed by atoms with E-state index in [-0.39, 0.29) is 79.7 Å². The van der Waals surface area contributed by atoms with Crippen molar-refractivity contribution in [3.63, 3.8) is 0 Å². The maximum absolute atomic E-state index is 13.7. The summed E-state index contributed by atoms with van der Waals surface area (Å²) in [5.74, 6) is -20.3. The van der Waals surface area contributed by atoms with Crippen molar-refractivity contribution < 1.29 is 147 Å². The Balaban J connectivity index is 0.000000281. The lowest BCUT2D eigenvalue weighted by molar-refractivity contribution is -0.123. The third-order valence-corrected chi connectivity index (χ3v) is 20.6. The van der Waals surface area contributed by atoms with Crippen LogP contribution in [0.5, 0.6) is 40.2 Å². The van der Waals surface area contributed by atoms with Gasteiger partial charge in [0.15, 0.2) is 116 Å². The van der Waals surface area contributed by atoms with E-state index in [4.69, 9.17) is 61.8 Å². The molecule has 0 unspecified atom stereocenters. The topological polar surface area (TPSA) is 464 Å². The predicted octanol–water partition coefficient (Wildman–Crippen LogP) is 13.9. The van der Waals surface area contributed by atoms with Crippen molar-refractivity contribution in [2.45, 2.75) is 133 Å². The first-order valence-electron chi connectivity index (χ1n) is 46.1. The predicted molar refractivity (Wildman–Crippen MR) is 508 cm³/mol. The number of pyridine rings is 3. The molecule has 3 aromatic heterocycles. The molecule has 5 amide bonds. The van der Waals surface area contributed by atoms with E-state index < -0.39 is 240 Å². The normalized spacial score (nSPS) is 11.7. The minimum atomic E-state index is -1.00. The fourth-order valence-corrected chi connectivity index (χ4v) is 13.0. The van der Waals surface area contributed by atoms with Gasteiger partial charge in [-0.05, 0) is 256 Å². The van der Waals surface area contributed by atoms with Gasteiger partial charge >= 0.3 is 0 Å². The molecule has 0 spiro atoms. The Morgan fingerprint density at radius 1 is 0.265 bits per heavy atom. The van der Waals surface area contributed by atoms with Gasteiger partial charge in [0.25, 0.3) is 29.5 Å². The number of carbonyl (C=O) groups is 10. The summed E-state index contributed by atoms with van der Waals surface area (Å²) in [5, 5.41) is 12.7. The lowest BCUT2D eigenvalue weighted by Gasteiger charge is -2.18. The van der Waals surface area contributed by atoms with Gasteiger partial charge in [-0.3, -0.25) is 52.3 Å². The number of nitrogens with two attached hydrogens (primary N) is 5. The third-order valence-electron chi connectivity index (χ3n) is 20.6. The number of ketones is 5. The second-order valence-electron chi connectivity index (χ2n) is 31.6. The second kappa shape index (κ2) is 66.9. The average molecular weight is 2080 g/mol. The Labute approximate surface area is 835 Å². The van der Waals surface area contributed by atoms with Crippen LogP contribution >= 0.6 is 0 Å². The van der Waals surface area contributed by atoms with Crippen LogP contribution in [-0.2, 0) is 24.0 Å². The molecule has 0 bridgehead atoms. The highest BCUT2D eigenvalue weighted by Crippen LogP contribution is 2.28. The summed E-state index contributed by atoms with van der Waals surface area (Å²) in [5.41, 5.74) is 27.6. The second-order valence-corrected chi connectivity index (χ2v) is 31.6. The van der Waals surface area contributed by atoms with Crippen LogP contribution in [0.1, 0.15) is 155 Å². The number of ether oxygens (including phenoxy) is 7. The quantitative estimate of drug-likeness (QED) is 0.00961. The lowest BCUT2D eigenvalue weighted by Crippen LogP contribution is -2.43. The highest BCUT2D eigenvalue weighted by molar-refractivity contribution is 6.01. The molecule has 0 aliphatic heterocycles. The third kappa shape index (κ3) is 43.5. The minimum absolute atomic E-state index is 0.00908. The highest BCUT2D eigenvalue weighted by Gasteiger charge is 2.31. The van der Waals surface area contributed by atoms with Gasteiger partial charge in [-0.15, -0.1) is 0 Å². The maximum atomic E-state index is 13.7. The number of alkyl halides is 2. The van der Waals surface area contributed by atoms with E-state index in [1.54, 1.807) is 30.3 Å². The summed E-state index contributed by atoms with van der Waals surface area (Å²) >= 11 is 0. The van der Waals surface area contributed by atoms with E-state index >= 15 is 0 Å². The number of nitrogens with one attached hydrogen (secondary N) is 5. The number of aromatic nitrogens is 3. The Hall–Kier alpha value is -15.0. The van der Waals surface area contributed by atoms with E-state index in [9.17, 15) is 114 Å². The standard InChI is InChI=1S/C23H27F3N2O4.C22H25F3N2O4.3C19H20F3N3O3/c24-11-5-13-31-17-7-3-6-16(14-17)23(30)28-20(10-1-2-12-27)21(29)15-32-22-18(25)8-4-9-19(22)26;23-10-12-30-16-6-3-5-15(13-16)22(29)27-19(9-1-2-11-26)20(28)14-31-21-17(24)7-4-8-18(21)25;20-12-5-3-6-13(21)18(12)28-11-16(26)14(7-1-2-10-23)25-19(27)15-8-4-9-17(22)24-15;20-13-4-3-5-14(21)18(13)28-11-16(26)15(6-1-2-9-23)25-19(27)12-7-8-17(22)24-10-12;20-13-4-3-5-14(21)18(13)28-11-16(26)15(6-1-2-8-23)25-19(27)12-7-9-24-17(22)10-12/h3-4,6-9,14,20H,1-2,5,10-13,15,27H2,(H,28,30);3-8,13,19H,1-2,9-12,14,26H2,(H,27,29);3-6,8-9,14H,1-2,7,10-11,23H2,(H,25,27);3-5,7-8,10,15H,1-2,6,9,11,23H2,(H,25,27);3-5,7,9-10,15H,1-2,6,8,11,23H2,(H,25,27)/t20-;19-;14-;2*15-/m00000/s1. The first-order valence-corrected chi connectivity index (χ1v) is 46.1. The molecule has 15 N–H and O–H groups in total. The lowest BCUT2D eigenvalue weighted by atomic mass is 10.0. The average Bonchev–Trinajstić information content (AvgIpc) is 0.859. The van der Waals surface area contributed by atoms with Crippen molar-refractivity contribution in [2.75, 3.05) is 92.3 Å². The number of carbonyl (C=O) groups excluding carboxylic acids is 10. The van der Waals surface area contributed by atoms with Crippen LogP contribution in [0.25, 0.3) is 0 Å². The van der Waals surface area contributed by atoms with Crippen molar-refractivity contribution in [2.24, 2.45) is 28.7 Å². The fourth-order valence-electron chi connectivity index (χ4n) is 13.0. The largest absolute Gasteiger partial charge is 0.493 e. The Kier molecular flexibility index (Phi) is 54.9. The van der Waals surface area contributed by atoms with Gasteiger partial charge in [-0.2, -0.15) is 13.2 Å². The number of hydrogen-bond acceptors (Lipinski definition) is 25. The van der Waals surface area contributed by atoms with Crippen LogP contribution in [0.4, 0.5) is 65.9 Å². The first-order chi connectivity index (χ1) is 70.7. The number of nitrogens with zero attached hydrogens (tertiary/aromatic N) is 3. The van der Waals surface area contributed by atoms with Crippen LogP contribution in [0.15, 0.2) is 194 Å². The maximum Gasteiger partial charge on any atom is 0.270 e. The van der Waals surface area contributed by atoms with Crippen molar-refractivity contribution in [1.82, 2.24) is 41.5 Å². The van der Waals surface area contributed by atoms with Gasteiger partial charge in [0.05, 0.1) is 49.1 Å². The van der Waals surface area contributed by atoms with Gasteiger partial charge < -0.3 is 88.4 Å². The summed E-state index contributed by atoms with van der Waals surface area (Å²) in [4.78, 5) is 135. The molecule has 792 valence electrons. The molecule has 10 rings (SSSR count). The van der Waals surface area contributed by atoms with Gasteiger partial charge in [-0.25, -0.2) is 63.2 Å². The Bertz CT molecular complexity index is 5640.